The summed E-state index contributed by atoms with van der Waals surface area (Å²) in [7, 11) is 0. The third-order valence-corrected chi connectivity index (χ3v) is 2.95. The first-order valence-corrected chi connectivity index (χ1v) is 6.53. The van der Waals surface area contributed by atoms with Gasteiger partial charge in [-0.3, -0.25) is 0 Å². The Hall–Kier alpha value is -1.98. The maximum Gasteiger partial charge on any atom is 0.319 e. The van der Waals surface area contributed by atoms with E-state index in [2.05, 4.69) is 10.6 Å². The van der Waals surface area contributed by atoms with E-state index in [-0.39, 0.29) is 6.03 Å². The SMILES string of the molecule is O=C(NCCC(O)c1ccoc1)Nc1cccc(Cl)c1. The Kier molecular flexibility index (Phi) is 5.03. The molecule has 1 heterocycles. The van der Waals surface area contributed by atoms with Gasteiger partial charge < -0.3 is 20.2 Å². The van der Waals surface area contributed by atoms with Crippen LogP contribution in [0.5, 0.6) is 0 Å². The van der Waals surface area contributed by atoms with Gasteiger partial charge in [-0.15, -0.1) is 0 Å². The predicted molar refractivity (Wildman–Crippen MR) is 76.8 cm³/mol. The number of carbonyl (C=O) groups is 1. The lowest BCUT2D eigenvalue weighted by atomic mass is 10.1. The lowest BCUT2D eigenvalue weighted by molar-refractivity contribution is 0.166. The van der Waals surface area contributed by atoms with E-state index >= 15 is 0 Å². The van der Waals surface area contributed by atoms with Gasteiger partial charge in [0.2, 0.25) is 0 Å². The molecule has 1 atom stereocenters. The molecular formula is C14H15ClN2O3. The summed E-state index contributed by atoms with van der Waals surface area (Å²) in [5.74, 6) is 0. The number of aliphatic hydroxyl groups is 1. The molecule has 106 valence electrons. The van der Waals surface area contributed by atoms with Gasteiger partial charge in [0, 0.05) is 22.8 Å². The normalized spacial score (nSPS) is 11.9. The van der Waals surface area contributed by atoms with Crippen LogP contribution in [0.4, 0.5) is 10.5 Å². The highest BCUT2D eigenvalue weighted by Crippen LogP contribution is 2.16. The molecule has 1 aromatic heterocycles. The topological polar surface area (TPSA) is 74.5 Å². The predicted octanol–water partition coefficient (Wildman–Crippen LogP) is 3.18. The van der Waals surface area contributed by atoms with Crippen molar-refractivity contribution in [2.24, 2.45) is 0 Å². The number of furan rings is 1. The third-order valence-electron chi connectivity index (χ3n) is 2.71. The fourth-order valence-corrected chi connectivity index (χ4v) is 1.89. The van der Waals surface area contributed by atoms with Gasteiger partial charge in [-0.25, -0.2) is 4.79 Å². The van der Waals surface area contributed by atoms with E-state index in [0.717, 1.165) is 0 Å². The average molecular weight is 295 g/mol. The molecule has 0 aliphatic rings. The van der Waals surface area contributed by atoms with Gasteiger partial charge >= 0.3 is 6.03 Å². The number of carbonyl (C=O) groups excluding carboxylic acids is 1. The molecule has 0 radical (unpaired) electrons. The van der Waals surface area contributed by atoms with E-state index in [1.807, 2.05) is 0 Å². The Labute approximate surface area is 121 Å². The molecule has 2 aromatic rings. The highest BCUT2D eigenvalue weighted by molar-refractivity contribution is 6.30. The van der Waals surface area contributed by atoms with Gasteiger partial charge in [0.25, 0.3) is 0 Å². The highest BCUT2D eigenvalue weighted by atomic mass is 35.5. The molecule has 6 heteroatoms. The van der Waals surface area contributed by atoms with Crippen molar-refractivity contribution < 1.29 is 14.3 Å². The summed E-state index contributed by atoms with van der Waals surface area (Å²) in [6, 6.07) is 8.22. The molecule has 1 aromatic carbocycles. The fraction of sp³-hybridized carbons (Fsp3) is 0.214. The largest absolute Gasteiger partial charge is 0.472 e. The molecule has 1 unspecified atom stereocenters. The van der Waals surface area contributed by atoms with E-state index < -0.39 is 6.10 Å². The number of hydrogen-bond donors (Lipinski definition) is 3. The summed E-state index contributed by atoms with van der Waals surface area (Å²) in [6.45, 7) is 0.346. The molecule has 2 amide bonds. The van der Waals surface area contributed by atoms with Crippen molar-refractivity contribution in [3.63, 3.8) is 0 Å². The van der Waals surface area contributed by atoms with Gasteiger partial charge in [-0.2, -0.15) is 0 Å². The zero-order valence-electron chi connectivity index (χ0n) is 10.7. The van der Waals surface area contributed by atoms with Crippen LogP contribution in [0.25, 0.3) is 0 Å². The first kappa shape index (κ1) is 14.4. The monoisotopic (exact) mass is 294 g/mol. The Balaban J connectivity index is 1.73. The lowest BCUT2D eigenvalue weighted by Gasteiger charge is -2.10. The Morgan fingerprint density at radius 3 is 2.95 bits per heavy atom. The summed E-state index contributed by atoms with van der Waals surface area (Å²) in [5.41, 5.74) is 1.31. The third kappa shape index (κ3) is 4.29. The molecule has 2 rings (SSSR count). The van der Waals surface area contributed by atoms with Crippen molar-refractivity contribution in [1.82, 2.24) is 5.32 Å². The summed E-state index contributed by atoms with van der Waals surface area (Å²) in [4.78, 5) is 11.6. The van der Waals surface area contributed by atoms with Crippen LogP contribution in [0.15, 0.2) is 47.3 Å². The van der Waals surface area contributed by atoms with Crippen molar-refractivity contribution in [3.05, 3.63) is 53.4 Å². The van der Waals surface area contributed by atoms with Crippen LogP contribution in [0.2, 0.25) is 5.02 Å². The molecular weight excluding hydrogens is 280 g/mol. The van der Waals surface area contributed by atoms with E-state index in [1.165, 1.54) is 12.5 Å². The molecule has 20 heavy (non-hydrogen) atoms. The highest BCUT2D eigenvalue weighted by Gasteiger charge is 2.09. The number of hydrogen-bond acceptors (Lipinski definition) is 3. The Morgan fingerprint density at radius 1 is 1.40 bits per heavy atom. The maximum absolute atomic E-state index is 11.6. The van der Waals surface area contributed by atoms with Gasteiger partial charge in [0.1, 0.15) is 0 Å². The quantitative estimate of drug-likeness (QED) is 0.793. The molecule has 0 bridgehead atoms. The molecule has 0 saturated heterocycles. The first-order valence-electron chi connectivity index (χ1n) is 6.16. The van der Waals surface area contributed by atoms with Crippen LogP contribution in [-0.2, 0) is 0 Å². The number of benzene rings is 1. The minimum absolute atomic E-state index is 0.341. The van der Waals surface area contributed by atoms with E-state index in [0.29, 0.717) is 29.2 Å². The molecule has 0 aliphatic heterocycles. The van der Waals surface area contributed by atoms with Crippen molar-refractivity contribution in [1.29, 1.82) is 0 Å². The maximum atomic E-state index is 11.6. The summed E-state index contributed by atoms with van der Waals surface area (Å²) >= 11 is 5.82. The Bertz CT molecular complexity index is 557. The summed E-state index contributed by atoms with van der Waals surface area (Å²) < 4.78 is 4.88. The molecule has 5 nitrogen and oxygen atoms in total. The van der Waals surface area contributed by atoms with E-state index in [4.69, 9.17) is 16.0 Å². The van der Waals surface area contributed by atoms with Crippen molar-refractivity contribution in [2.75, 3.05) is 11.9 Å². The van der Waals surface area contributed by atoms with Crippen LogP contribution in [0, 0.1) is 0 Å². The molecule has 0 saturated carbocycles. The second-order valence-electron chi connectivity index (χ2n) is 4.25. The minimum Gasteiger partial charge on any atom is -0.472 e. The summed E-state index contributed by atoms with van der Waals surface area (Å²) in [5, 5.41) is 15.7. The van der Waals surface area contributed by atoms with Gasteiger partial charge in [0.15, 0.2) is 0 Å². The second-order valence-corrected chi connectivity index (χ2v) is 4.69. The Morgan fingerprint density at radius 2 is 2.25 bits per heavy atom. The number of urea groups is 1. The molecule has 0 aliphatic carbocycles. The number of rotatable bonds is 5. The van der Waals surface area contributed by atoms with Crippen molar-refractivity contribution in [2.45, 2.75) is 12.5 Å². The fourth-order valence-electron chi connectivity index (χ4n) is 1.70. The number of anilines is 1. The van der Waals surface area contributed by atoms with Crippen LogP contribution in [0.1, 0.15) is 18.1 Å². The second kappa shape index (κ2) is 6.98. The van der Waals surface area contributed by atoms with Crippen molar-refractivity contribution >= 4 is 23.3 Å². The molecule has 3 N–H and O–H groups in total. The van der Waals surface area contributed by atoms with Crippen LogP contribution in [0.3, 0.4) is 0 Å². The van der Waals surface area contributed by atoms with Crippen molar-refractivity contribution in [3.8, 4) is 0 Å². The van der Waals surface area contributed by atoms with Crippen LogP contribution >= 0.6 is 11.6 Å². The number of halogens is 1. The number of amides is 2. The first-order chi connectivity index (χ1) is 9.65. The van der Waals surface area contributed by atoms with Gasteiger partial charge in [0.05, 0.1) is 18.6 Å². The smallest absolute Gasteiger partial charge is 0.319 e. The number of nitrogens with one attached hydrogen (secondary N) is 2. The minimum atomic E-state index is -0.653. The van der Waals surface area contributed by atoms with E-state index in [1.54, 1.807) is 30.3 Å². The van der Waals surface area contributed by atoms with Crippen LogP contribution < -0.4 is 10.6 Å². The standard InChI is InChI=1S/C14H15ClN2O3/c15-11-2-1-3-12(8-11)17-14(19)16-6-4-13(18)10-5-7-20-9-10/h1-3,5,7-9,13,18H,4,6H2,(H2,16,17,19). The van der Waals surface area contributed by atoms with E-state index in [9.17, 15) is 9.90 Å². The van der Waals surface area contributed by atoms with Crippen LogP contribution in [-0.4, -0.2) is 17.7 Å². The lowest BCUT2D eigenvalue weighted by Crippen LogP contribution is -2.30. The zero-order chi connectivity index (χ0) is 14.4. The average Bonchev–Trinajstić information content (AvgIpc) is 2.92. The molecule has 0 spiro atoms. The molecule has 0 fully saturated rings. The van der Waals surface area contributed by atoms with Gasteiger partial charge in [-0.05, 0) is 30.7 Å². The number of aliphatic hydroxyl groups excluding tert-OH is 1. The zero-order valence-corrected chi connectivity index (χ0v) is 11.4. The van der Waals surface area contributed by atoms with Gasteiger partial charge in [-0.1, -0.05) is 17.7 Å². The summed E-state index contributed by atoms with van der Waals surface area (Å²) in [6.07, 6.45) is 2.73.